The number of carbonyl (C=O) groups excluding carboxylic acids is 2. The van der Waals surface area contributed by atoms with E-state index in [1.54, 1.807) is 18.3 Å². The molecule has 0 spiro atoms. The third kappa shape index (κ3) is 3.73. The first-order chi connectivity index (χ1) is 15.1. The second-order valence-corrected chi connectivity index (χ2v) is 8.22. The molecular formula is C23H25N5O3. The van der Waals surface area contributed by atoms with Gasteiger partial charge in [0.1, 0.15) is 12.3 Å². The fourth-order valence-electron chi connectivity index (χ4n) is 4.38. The minimum absolute atomic E-state index is 0.0470. The lowest BCUT2D eigenvalue weighted by Gasteiger charge is -2.20. The average Bonchev–Trinajstić information content (AvgIpc) is 3.50. The van der Waals surface area contributed by atoms with Crippen LogP contribution in [-0.4, -0.2) is 38.0 Å². The molecule has 0 saturated heterocycles. The van der Waals surface area contributed by atoms with E-state index in [0.29, 0.717) is 18.1 Å². The van der Waals surface area contributed by atoms with Gasteiger partial charge in [0, 0.05) is 17.0 Å². The van der Waals surface area contributed by atoms with Gasteiger partial charge in [-0.25, -0.2) is 9.36 Å². The van der Waals surface area contributed by atoms with Crippen LogP contribution in [0.25, 0.3) is 16.9 Å². The zero-order chi connectivity index (χ0) is 21.4. The van der Waals surface area contributed by atoms with Gasteiger partial charge in [0.2, 0.25) is 11.8 Å². The van der Waals surface area contributed by atoms with Crippen LogP contribution in [0.5, 0.6) is 5.88 Å². The minimum atomic E-state index is -0.352. The lowest BCUT2D eigenvalue weighted by molar-refractivity contribution is -0.124. The van der Waals surface area contributed by atoms with Gasteiger partial charge in [0.25, 0.3) is 5.91 Å². The SMILES string of the molecule is Cc1cc(-c2ccc(C(=O)NC(=O)C3CCCCC3)cc2)n(-c2cnn3c2OCC3)n1. The monoisotopic (exact) mass is 419 g/mol. The molecule has 2 amide bonds. The molecule has 0 radical (unpaired) electrons. The molecule has 1 saturated carbocycles. The molecule has 0 unspecified atom stereocenters. The van der Waals surface area contributed by atoms with Crippen LogP contribution < -0.4 is 10.1 Å². The van der Waals surface area contributed by atoms with Crippen LogP contribution in [0.2, 0.25) is 0 Å². The van der Waals surface area contributed by atoms with E-state index >= 15 is 0 Å². The van der Waals surface area contributed by atoms with Crippen molar-refractivity contribution in [1.82, 2.24) is 24.9 Å². The van der Waals surface area contributed by atoms with Crippen LogP contribution in [-0.2, 0) is 11.3 Å². The number of nitrogens with one attached hydrogen (secondary N) is 1. The Bertz CT molecular complexity index is 1120. The number of aromatic nitrogens is 4. The standard InChI is InChI=1S/C23H25N5O3/c1-15-13-19(28(26-15)20-14-24-27-11-12-31-23(20)27)16-7-9-18(10-8-16)22(30)25-21(29)17-5-3-2-4-6-17/h7-10,13-14,17H,2-6,11-12H2,1H3,(H,25,29,30). The molecule has 1 fully saturated rings. The van der Waals surface area contributed by atoms with Crippen molar-refractivity contribution in [2.24, 2.45) is 5.92 Å². The molecule has 8 nitrogen and oxygen atoms in total. The van der Waals surface area contributed by atoms with Crippen LogP contribution >= 0.6 is 0 Å². The maximum atomic E-state index is 12.6. The number of nitrogens with zero attached hydrogens (tertiary/aromatic N) is 4. The summed E-state index contributed by atoms with van der Waals surface area (Å²) in [5.74, 6) is 0.156. The van der Waals surface area contributed by atoms with Crippen molar-refractivity contribution < 1.29 is 14.3 Å². The van der Waals surface area contributed by atoms with Crippen LogP contribution in [0.4, 0.5) is 0 Å². The van der Waals surface area contributed by atoms with Crippen LogP contribution in [0.1, 0.15) is 48.2 Å². The molecule has 1 aliphatic heterocycles. The molecule has 1 N–H and O–H groups in total. The quantitative estimate of drug-likeness (QED) is 0.656. The van der Waals surface area contributed by atoms with Crippen molar-refractivity contribution in [1.29, 1.82) is 0 Å². The van der Waals surface area contributed by atoms with E-state index in [2.05, 4.69) is 15.5 Å². The summed E-state index contributed by atoms with van der Waals surface area (Å²) in [7, 11) is 0. The van der Waals surface area contributed by atoms with Crippen molar-refractivity contribution in [2.45, 2.75) is 45.6 Å². The molecule has 1 aliphatic carbocycles. The van der Waals surface area contributed by atoms with Crippen LogP contribution in [0.15, 0.2) is 36.5 Å². The van der Waals surface area contributed by atoms with E-state index < -0.39 is 0 Å². The first kappa shape index (κ1) is 19.5. The predicted molar refractivity (Wildman–Crippen MR) is 114 cm³/mol. The molecular weight excluding hydrogens is 394 g/mol. The Labute approximate surface area is 180 Å². The molecule has 0 atom stereocenters. The van der Waals surface area contributed by atoms with Gasteiger partial charge in [-0.2, -0.15) is 10.2 Å². The van der Waals surface area contributed by atoms with Gasteiger partial charge >= 0.3 is 0 Å². The molecule has 5 rings (SSSR count). The second kappa shape index (κ2) is 8.02. The van der Waals surface area contributed by atoms with Crippen molar-refractivity contribution >= 4 is 11.8 Å². The molecule has 2 aliphatic rings. The highest BCUT2D eigenvalue weighted by Crippen LogP contribution is 2.31. The number of benzene rings is 1. The number of aryl methyl sites for hydroxylation is 1. The summed E-state index contributed by atoms with van der Waals surface area (Å²) in [6, 6.07) is 9.21. The fourth-order valence-corrected chi connectivity index (χ4v) is 4.38. The lowest BCUT2D eigenvalue weighted by Crippen LogP contribution is -2.36. The third-order valence-electron chi connectivity index (χ3n) is 6.03. The van der Waals surface area contributed by atoms with Crippen LogP contribution in [0, 0.1) is 12.8 Å². The Morgan fingerprint density at radius 3 is 2.68 bits per heavy atom. The molecule has 3 aromatic rings. The largest absolute Gasteiger partial charge is 0.474 e. The topological polar surface area (TPSA) is 91.0 Å². The molecule has 1 aromatic carbocycles. The number of hydrogen-bond donors (Lipinski definition) is 1. The molecule has 3 heterocycles. The Hall–Kier alpha value is -3.42. The number of fused-ring (bicyclic) bond motifs is 1. The van der Waals surface area contributed by atoms with E-state index in [9.17, 15) is 9.59 Å². The smallest absolute Gasteiger partial charge is 0.257 e. The van der Waals surface area contributed by atoms with E-state index in [1.807, 2.05) is 34.5 Å². The molecule has 2 aromatic heterocycles. The Morgan fingerprint density at radius 1 is 1.13 bits per heavy atom. The van der Waals surface area contributed by atoms with E-state index in [0.717, 1.165) is 54.9 Å². The van der Waals surface area contributed by atoms with Gasteiger partial charge in [0.05, 0.1) is 24.1 Å². The molecule has 8 heteroatoms. The summed E-state index contributed by atoms with van der Waals surface area (Å²) in [6.07, 6.45) is 6.76. The van der Waals surface area contributed by atoms with E-state index in [4.69, 9.17) is 4.74 Å². The zero-order valence-electron chi connectivity index (χ0n) is 17.5. The number of rotatable bonds is 4. The summed E-state index contributed by atoms with van der Waals surface area (Å²) in [6.45, 7) is 3.27. The van der Waals surface area contributed by atoms with Crippen molar-refractivity contribution in [3.63, 3.8) is 0 Å². The average molecular weight is 419 g/mol. The number of carbonyl (C=O) groups is 2. The number of hydrogen-bond acceptors (Lipinski definition) is 5. The highest BCUT2D eigenvalue weighted by Gasteiger charge is 2.24. The zero-order valence-corrected chi connectivity index (χ0v) is 17.5. The van der Waals surface area contributed by atoms with E-state index in [1.165, 1.54) is 6.42 Å². The van der Waals surface area contributed by atoms with Crippen molar-refractivity contribution in [2.75, 3.05) is 6.61 Å². The Balaban J connectivity index is 1.36. The van der Waals surface area contributed by atoms with Gasteiger partial charge in [-0.15, -0.1) is 0 Å². The van der Waals surface area contributed by atoms with Gasteiger partial charge in [-0.3, -0.25) is 14.9 Å². The minimum Gasteiger partial charge on any atom is -0.474 e. The maximum absolute atomic E-state index is 12.6. The van der Waals surface area contributed by atoms with Gasteiger partial charge in [-0.1, -0.05) is 31.4 Å². The number of ether oxygens (including phenoxy) is 1. The summed E-state index contributed by atoms with van der Waals surface area (Å²) >= 11 is 0. The first-order valence-corrected chi connectivity index (χ1v) is 10.8. The summed E-state index contributed by atoms with van der Waals surface area (Å²) in [5.41, 5.74) is 3.92. The third-order valence-corrected chi connectivity index (χ3v) is 6.03. The van der Waals surface area contributed by atoms with Crippen molar-refractivity contribution in [3.8, 4) is 22.8 Å². The first-order valence-electron chi connectivity index (χ1n) is 10.8. The molecule has 31 heavy (non-hydrogen) atoms. The normalized spacial score (nSPS) is 16.0. The fraction of sp³-hybridized carbons (Fsp3) is 0.391. The summed E-state index contributed by atoms with van der Waals surface area (Å²) < 4.78 is 9.36. The van der Waals surface area contributed by atoms with Crippen molar-refractivity contribution in [3.05, 3.63) is 47.8 Å². The number of imide groups is 1. The van der Waals surface area contributed by atoms with Gasteiger partial charge in [0.15, 0.2) is 0 Å². The van der Waals surface area contributed by atoms with Crippen LogP contribution in [0.3, 0.4) is 0 Å². The maximum Gasteiger partial charge on any atom is 0.257 e. The molecule has 160 valence electrons. The summed E-state index contributed by atoms with van der Waals surface area (Å²) in [5, 5.41) is 11.5. The highest BCUT2D eigenvalue weighted by atomic mass is 16.5. The molecule has 0 bridgehead atoms. The predicted octanol–water partition coefficient (Wildman–Crippen LogP) is 3.27. The lowest BCUT2D eigenvalue weighted by atomic mass is 9.88. The Morgan fingerprint density at radius 2 is 1.90 bits per heavy atom. The highest BCUT2D eigenvalue weighted by molar-refractivity contribution is 6.05. The van der Waals surface area contributed by atoms with E-state index in [-0.39, 0.29) is 17.7 Å². The summed E-state index contributed by atoms with van der Waals surface area (Å²) in [4.78, 5) is 24.9. The van der Waals surface area contributed by atoms with Gasteiger partial charge in [-0.05, 0) is 38.0 Å². The second-order valence-electron chi connectivity index (χ2n) is 8.22. The number of amides is 2. The Kier molecular flexibility index (Phi) is 5.05. The van der Waals surface area contributed by atoms with Gasteiger partial charge < -0.3 is 4.74 Å².